The molecule has 1 aliphatic rings. The second-order valence-corrected chi connectivity index (χ2v) is 7.93. The van der Waals surface area contributed by atoms with E-state index < -0.39 is 5.97 Å². The predicted octanol–water partition coefficient (Wildman–Crippen LogP) is 4.45. The number of hydrogen-bond acceptors (Lipinski definition) is 6. The second kappa shape index (κ2) is 10.2. The van der Waals surface area contributed by atoms with Gasteiger partial charge in [0.1, 0.15) is 0 Å². The minimum atomic E-state index is -0.929. The number of nitrogens with one attached hydrogen (secondary N) is 1. The number of amidine groups is 1. The molecule has 162 valence electrons. The summed E-state index contributed by atoms with van der Waals surface area (Å²) in [6.07, 6.45) is 1.66. The Kier molecular flexibility index (Phi) is 7.36. The topological polar surface area (TPSA) is 97.2 Å². The van der Waals surface area contributed by atoms with Gasteiger partial charge in [-0.3, -0.25) is 9.59 Å². The zero-order valence-electron chi connectivity index (χ0n) is 17.6. The Hall–Kier alpha value is -3.26. The largest absolute Gasteiger partial charge is 0.490 e. The van der Waals surface area contributed by atoms with Crippen LogP contribution in [-0.4, -0.2) is 35.4 Å². The molecule has 8 heteroatoms. The van der Waals surface area contributed by atoms with Crippen LogP contribution < -0.4 is 14.8 Å². The molecule has 0 aromatic heterocycles. The van der Waals surface area contributed by atoms with Crippen molar-refractivity contribution in [3.8, 4) is 11.5 Å². The molecule has 0 unspecified atom stereocenters. The maximum Gasteiger partial charge on any atom is 0.306 e. The van der Waals surface area contributed by atoms with Crippen molar-refractivity contribution in [2.24, 2.45) is 4.99 Å². The number of rotatable bonds is 8. The van der Waals surface area contributed by atoms with Crippen LogP contribution >= 0.6 is 11.8 Å². The number of thioether (sulfide) groups is 1. The summed E-state index contributed by atoms with van der Waals surface area (Å²) in [4.78, 5) is 28.2. The summed E-state index contributed by atoms with van der Waals surface area (Å²) in [7, 11) is 0. The summed E-state index contributed by atoms with van der Waals surface area (Å²) in [5, 5.41) is 12.1. The molecule has 0 spiro atoms. The van der Waals surface area contributed by atoms with Gasteiger partial charge in [0.25, 0.3) is 5.91 Å². The van der Waals surface area contributed by atoms with E-state index in [-0.39, 0.29) is 18.9 Å². The standard InChI is InChI=1S/C23H24N2O5S/c1-4-29-19-12-16(6-8-18(19)30-10-9-21(26)27)13-20-22(28)25-23(31-20)24-17-7-5-14(2)11-15(17)3/h5-8,11-13H,4,9-10H2,1-3H3,(H,26,27)(H,24,25,28)/b20-13+. The number of ether oxygens (including phenoxy) is 2. The van der Waals surface area contributed by atoms with Crippen molar-refractivity contribution in [1.29, 1.82) is 0 Å². The molecule has 2 aromatic rings. The minimum Gasteiger partial charge on any atom is -0.490 e. The molecule has 3 rings (SSSR count). The van der Waals surface area contributed by atoms with Crippen LogP contribution in [-0.2, 0) is 9.59 Å². The van der Waals surface area contributed by atoms with Crippen LogP contribution in [0, 0.1) is 13.8 Å². The summed E-state index contributed by atoms with van der Waals surface area (Å²) in [5.74, 6) is -0.184. The average molecular weight is 441 g/mol. The Bertz CT molecular complexity index is 1060. The summed E-state index contributed by atoms with van der Waals surface area (Å²) in [6.45, 7) is 6.33. The fraction of sp³-hybridized carbons (Fsp3) is 0.261. The molecule has 0 saturated carbocycles. The number of carbonyl (C=O) groups excluding carboxylic acids is 1. The van der Waals surface area contributed by atoms with E-state index in [1.54, 1.807) is 24.3 Å². The lowest BCUT2D eigenvalue weighted by molar-refractivity contribution is -0.137. The first-order chi connectivity index (χ1) is 14.9. The number of aliphatic imine (C=N–C) groups is 1. The average Bonchev–Trinajstić information content (AvgIpc) is 3.04. The van der Waals surface area contributed by atoms with E-state index in [1.165, 1.54) is 11.8 Å². The third kappa shape index (κ3) is 6.11. The van der Waals surface area contributed by atoms with E-state index >= 15 is 0 Å². The number of aryl methyl sites for hydroxylation is 2. The maximum atomic E-state index is 12.4. The molecule has 31 heavy (non-hydrogen) atoms. The SMILES string of the molecule is CCOc1cc(/C=C2/SC(=Nc3ccc(C)cc3C)NC2=O)ccc1OCCC(=O)O. The third-order valence-electron chi connectivity index (χ3n) is 4.36. The van der Waals surface area contributed by atoms with Crippen LogP contribution in [0.4, 0.5) is 5.69 Å². The van der Waals surface area contributed by atoms with Crippen molar-refractivity contribution in [3.05, 3.63) is 58.0 Å². The summed E-state index contributed by atoms with van der Waals surface area (Å²) >= 11 is 1.27. The molecule has 1 heterocycles. The first-order valence-corrected chi connectivity index (χ1v) is 10.7. The number of aliphatic carboxylic acids is 1. The van der Waals surface area contributed by atoms with Gasteiger partial charge >= 0.3 is 5.97 Å². The molecule has 2 N–H and O–H groups in total. The Morgan fingerprint density at radius 2 is 1.97 bits per heavy atom. The molecule has 0 bridgehead atoms. The van der Waals surface area contributed by atoms with Gasteiger partial charge in [0, 0.05) is 0 Å². The highest BCUT2D eigenvalue weighted by Crippen LogP contribution is 2.33. The summed E-state index contributed by atoms with van der Waals surface area (Å²) in [5.41, 5.74) is 3.78. The quantitative estimate of drug-likeness (QED) is 0.589. The molecular formula is C23H24N2O5S. The van der Waals surface area contributed by atoms with Crippen LogP contribution in [0.2, 0.25) is 0 Å². The number of carbonyl (C=O) groups is 2. The number of carboxylic acid groups (broad SMARTS) is 1. The van der Waals surface area contributed by atoms with E-state index in [9.17, 15) is 9.59 Å². The van der Waals surface area contributed by atoms with Crippen molar-refractivity contribution in [1.82, 2.24) is 5.32 Å². The lowest BCUT2D eigenvalue weighted by Crippen LogP contribution is -2.19. The van der Waals surface area contributed by atoms with Gasteiger partial charge in [-0.25, -0.2) is 4.99 Å². The Balaban J connectivity index is 1.78. The Morgan fingerprint density at radius 1 is 1.16 bits per heavy atom. The van der Waals surface area contributed by atoms with Crippen molar-refractivity contribution >= 4 is 40.6 Å². The van der Waals surface area contributed by atoms with Crippen LogP contribution in [0.15, 0.2) is 46.3 Å². The van der Waals surface area contributed by atoms with Crippen molar-refractivity contribution in [2.45, 2.75) is 27.2 Å². The van der Waals surface area contributed by atoms with Gasteiger partial charge in [0.2, 0.25) is 0 Å². The lowest BCUT2D eigenvalue weighted by Gasteiger charge is -2.12. The highest BCUT2D eigenvalue weighted by atomic mass is 32.2. The van der Waals surface area contributed by atoms with Gasteiger partial charge in [-0.1, -0.05) is 23.8 Å². The summed E-state index contributed by atoms with van der Waals surface area (Å²) < 4.78 is 11.1. The van der Waals surface area contributed by atoms with Gasteiger partial charge in [-0.2, -0.15) is 0 Å². The number of carboxylic acids is 1. The maximum absolute atomic E-state index is 12.4. The number of hydrogen-bond donors (Lipinski definition) is 2. The zero-order chi connectivity index (χ0) is 22.4. The first-order valence-electron chi connectivity index (χ1n) is 9.84. The van der Waals surface area contributed by atoms with E-state index in [0.29, 0.717) is 28.2 Å². The van der Waals surface area contributed by atoms with E-state index in [1.807, 2.05) is 39.0 Å². The number of amides is 1. The fourth-order valence-electron chi connectivity index (χ4n) is 2.92. The molecule has 1 saturated heterocycles. The van der Waals surface area contributed by atoms with Gasteiger partial charge in [0.15, 0.2) is 16.7 Å². The molecule has 7 nitrogen and oxygen atoms in total. The normalized spacial score (nSPS) is 15.9. The molecule has 0 atom stereocenters. The van der Waals surface area contributed by atoms with Crippen molar-refractivity contribution in [3.63, 3.8) is 0 Å². The predicted molar refractivity (Wildman–Crippen MR) is 122 cm³/mol. The van der Waals surface area contributed by atoms with Crippen LogP contribution in [0.25, 0.3) is 6.08 Å². The Morgan fingerprint density at radius 3 is 2.68 bits per heavy atom. The zero-order valence-corrected chi connectivity index (χ0v) is 18.4. The summed E-state index contributed by atoms with van der Waals surface area (Å²) in [6, 6.07) is 11.2. The van der Waals surface area contributed by atoms with Crippen LogP contribution in [0.5, 0.6) is 11.5 Å². The smallest absolute Gasteiger partial charge is 0.306 e. The van der Waals surface area contributed by atoms with Gasteiger partial charge < -0.3 is 19.9 Å². The second-order valence-electron chi connectivity index (χ2n) is 6.90. The van der Waals surface area contributed by atoms with Crippen molar-refractivity contribution in [2.75, 3.05) is 13.2 Å². The first kappa shape index (κ1) is 22.4. The number of nitrogens with zero attached hydrogens (tertiary/aromatic N) is 1. The molecule has 0 radical (unpaired) electrons. The van der Waals surface area contributed by atoms with E-state index in [4.69, 9.17) is 14.6 Å². The molecule has 1 amide bonds. The minimum absolute atomic E-state index is 0.0480. The van der Waals surface area contributed by atoms with Gasteiger partial charge in [0.05, 0.1) is 30.2 Å². The monoisotopic (exact) mass is 440 g/mol. The molecular weight excluding hydrogens is 416 g/mol. The Labute approximate surface area is 185 Å². The highest BCUT2D eigenvalue weighted by Gasteiger charge is 2.24. The molecule has 0 aliphatic carbocycles. The highest BCUT2D eigenvalue weighted by molar-refractivity contribution is 8.18. The van der Waals surface area contributed by atoms with Crippen molar-refractivity contribution < 1.29 is 24.2 Å². The molecule has 1 aliphatic heterocycles. The lowest BCUT2D eigenvalue weighted by atomic mass is 10.1. The molecule has 2 aromatic carbocycles. The molecule has 1 fully saturated rings. The van der Waals surface area contributed by atoms with Crippen LogP contribution in [0.1, 0.15) is 30.0 Å². The third-order valence-corrected chi connectivity index (χ3v) is 5.27. The van der Waals surface area contributed by atoms with Gasteiger partial charge in [-0.15, -0.1) is 0 Å². The van der Waals surface area contributed by atoms with E-state index in [0.717, 1.165) is 22.4 Å². The fourth-order valence-corrected chi connectivity index (χ4v) is 3.76. The van der Waals surface area contributed by atoms with E-state index in [2.05, 4.69) is 10.3 Å². The van der Waals surface area contributed by atoms with Gasteiger partial charge in [-0.05, 0) is 67.9 Å². The van der Waals surface area contributed by atoms with Crippen LogP contribution in [0.3, 0.4) is 0 Å². The number of benzene rings is 2.